The second-order valence-electron chi connectivity index (χ2n) is 3.96. The molecule has 1 aromatic heterocycles. The summed E-state index contributed by atoms with van der Waals surface area (Å²) in [4.78, 5) is 17.8. The molecule has 0 unspecified atom stereocenters. The summed E-state index contributed by atoms with van der Waals surface area (Å²) in [7, 11) is 1.83. The first-order valence-electron chi connectivity index (χ1n) is 5.40. The van der Waals surface area contributed by atoms with Crippen LogP contribution in [0.4, 0.5) is 0 Å². The van der Waals surface area contributed by atoms with Crippen LogP contribution in [0.5, 0.6) is 0 Å². The molecule has 1 N–H and O–H groups in total. The molecule has 1 amide bonds. The molecule has 1 saturated carbocycles. The standard InChI is InChI=1S/C10H16N4O/c1-3-8-11-9(13-12-8)10(15)14(2)7-5-4-6-7/h7H,3-6H2,1-2H3,(H,11,12,13). The average molecular weight is 208 g/mol. The second-order valence-corrected chi connectivity index (χ2v) is 3.96. The molecular weight excluding hydrogens is 192 g/mol. The van der Waals surface area contributed by atoms with E-state index in [4.69, 9.17) is 0 Å². The minimum atomic E-state index is -0.0735. The van der Waals surface area contributed by atoms with Crippen LogP contribution in [-0.4, -0.2) is 39.1 Å². The van der Waals surface area contributed by atoms with Gasteiger partial charge < -0.3 is 4.90 Å². The fourth-order valence-electron chi connectivity index (χ4n) is 1.65. The number of amides is 1. The average Bonchev–Trinajstić information content (AvgIpc) is 2.61. The fourth-order valence-corrected chi connectivity index (χ4v) is 1.65. The summed E-state index contributed by atoms with van der Waals surface area (Å²) >= 11 is 0. The summed E-state index contributed by atoms with van der Waals surface area (Å²) in [5.41, 5.74) is 0. The number of rotatable bonds is 3. The van der Waals surface area contributed by atoms with Gasteiger partial charge in [0.05, 0.1) is 0 Å². The van der Waals surface area contributed by atoms with E-state index in [0.29, 0.717) is 11.9 Å². The Morgan fingerprint density at radius 3 is 2.80 bits per heavy atom. The topological polar surface area (TPSA) is 61.9 Å². The van der Waals surface area contributed by atoms with Crippen molar-refractivity contribution < 1.29 is 4.79 Å². The highest BCUT2D eigenvalue weighted by Gasteiger charge is 2.28. The summed E-state index contributed by atoms with van der Waals surface area (Å²) in [5, 5.41) is 6.68. The highest BCUT2D eigenvalue weighted by molar-refractivity contribution is 5.90. The van der Waals surface area contributed by atoms with Crippen molar-refractivity contribution in [1.29, 1.82) is 0 Å². The van der Waals surface area contributed by atoms with Gasteiger partial charge in [0.15, 0.2) is 0 Å². The zero-order valence-corrected chi connectivity index (χ0v) is 9.16. The van der Waals surface area contributed by atoms with Gasteiger partial charge in [0.2, 0.25) is 5.82 Å². The number of nitrogens with zero attached hydrogens (tertiary/aromatic N) is 3. The Labute approximate surface area is 88.9 Å². The fraction of sp³-hybridized carbons (Fsp3) is 0.700. The maximum absolute atomic E-state index is 11.9. The Morgan fingerprint density at radius 1 is 1.60 bits per heavy atom. The molecule has 0 aromatic carbocycles. The van der Waals surface area contributed by atoms with Gasteiger partial charge in [0, 0.05) is 19.5 Å². The summed E-state index contributed by atoms with van der Waals surface area (Å²) in [5.74, 6) is 0.984. The zero-order valence-electron chi connectivity index (χ0n) is 9.16. The number of aromatic amines is 1. The van der Waals surface area contributed by atoms with Gasteiger partial charge in [-0.2, -0.15) is 0 Å². The number of H-pyrrole nitrogens is 1. The van der Waals surface area contributed by atoms with Gasteiger partial charge in [-0.15, -0.1) is 5.10 Å². The van der Waals surface area contributed by atoms with Crippen LogP contribution in [0.2, 0.25) is 0 Å². The Balaban J connectivity index is 2.05. The van der Waals surface area contributed by atoms with E-state index in [2.05, 4.69) is 15.2 Å². The van der Waals surface area contributed by atoms with Gasteiger partial charge in [-0.25, -0.2) is 4.98 Å². The molecule has 82 valence electrons. The summed E-state index contributed by atoms with van der Waals surface area (Å²) < 4.78 is 0. The zero-order chi connectivity index (χ0) is 10.8. The van der Waals surface area contributed by atoms with Gasteiger partial charge in [0.1, 0.15) is 5.82 Å². The Kier molecular flexibility index (Phi) is 2.70. The molecule has 5 nitrogen and oxygen atoms in total. The first-order valence-corrected chi connectivity index (χ1v) is 5.40. The molecule has 1 fully saturated rings. The predicted octanol–water partition coefficient (Wildman–Crippen LogP) is 0.992. The van der Waals surface area contributed by atoms with Crippen LogP contribution in [0, 0.1) is 0 Å². The van der Waals surface area contributed by atoms with Gasteiger partial charge in [-0.05, 0) is 19.3 Å². The molecule has 1 aliphatic carbocycles. The maximum atomic E-state index is 11.9. The molecular formula is C10H16N4O. The van der Waals surface area contributed by atoms with Crippen molar-refractivity contribution in [2.24, 2.45) is 0 Å². The first-order chi connectivity index (χ1) is 7.22. The monoisotopic (exact) mass is 208 g/mol. The maximum Gasteiger partial charge on any atom is 0.293 e. The number of hydrogen-bond donors (Lipinski definition) is 1. The van der Waals surface area contributed by atoms with Crippen molar-refractivity contribution in [2.45, 2.75) is 38.6 Å². The minimum Gasteiger partial charge on any atom is -0.336 e. The largest absolute Gasteiger partial charge is 0.336 e. The summed E-state index contributed by atoms with van der Waals surface area (Å²) in [6, 6.07) is 0.390. The molecule has 0 atom stereocenters. The van der Waals surface area contributed by atoms with E-state index in [1.54, 1.807) is 4.90 Å². The Bertz CT molecular complexity index is 356. The lowest BCUT2D eigenvalue weighted by atomic mass is 9.92. The van der Waals surface area contributed by atoms with Crippen LogP contribution in [0.3, 0.4) is 0 Å². The third-order valence-corrected chi connectivity index (χ3v) is 3.00. The van der Waals surface area contributed by atoms with E-state index in [0.717, 1.165) is 25.1 Å². The minimum absolute atomic E-state index is 0.0735. The van der Waals surface area contributed by atoms with Crippen LogP contribution in [-0.2, 0) is 6.42 Å². The van der Waals surface area contributed by atoms with Crippen LogP contribution >= 0.6 is 0 Å². The SMILES string of the molecule is CCc1nc(C(=O)N(C)C2CCC2)n[nH]1. The van der Waals surface area contributed by atoms with Crippen molar-refractivity contribution >= 4 is 5.91 Å². The lowest BCUT2D eigenvalue weighted by Gasteiger charge is -2.33. The van der Waals surface area contributed by atoms with Crippen LogP contribution < -0.4 is 0 Å². The molecule has 5 heteroatoms. The van der Waals surface area contributed by atoms with Gasteiger partial charge in [-0.3, -0.25) is 9.89 Å². The molecule has 1 heterocycles. The van der Waals surface area contributed by atoms with Gasteiger partial charge in [-0.1, -0.05) is 6.92 Å². The van der Waals surface area contributed by atoms with E-state index in [-0.39, 0.29) is 5.91 Å². The number of carbonyl (C=O) groups excluding carboxylic acids is 1. The molecule has 0 aliphatic heterocycles. The number of hydrogen-bond acceptors (Lipinski definition) is 3. The lowest BCUT2D eigenvalue weighted by Crippen LogP contribution is -2.41. The number of nitrogens with one attached hydrogen (secondary N) is 1. The Morgan fingerprint density at radius 2 is 2.33 bits per heavy atom. The van der Waals surface area contributed by atoms with E-state index in [1.807, 2.05) is 14.0 Å². The molecule has 1 aliphatic rings. The Hall–Kier alpha value is -1.39. The van der Waals surface area contributed by atoms with Crippen molar-refractivity contribution in [3.8, 4) is 0 Å². The normalized spacial score (nSPS) is 16.1. The van der Waals surface area contributed by atoms with Crippen molar-refractivity contribution in [3.63, 3.8) is 0 Å². The molecule has 0 bridgehead atoms. The molecule has 15 heavy (non-hydrogen) atoms. The predicted molar refractivity (Wildman–Crippen MR) is 55.5 cm³/mol. The highest BCUT2D eigenvalue weighted by Crippen LogP contribution is 2.24. The molecule has 0 radical (unpaired) electrons. The van der Waals surface area contributed by atoms with E-state index >= 15 is 0 Å². The smallest absolute Gasteiger partial charge is 0.293 e. The lowest BCUT2D eigenvalue weighted by molar-refractivity contribution is 0.0640. The number of carbonyl (C=O) groups is 1. The molecule has 0 spiro atoms. The summed E-state index contributed by atoms with van der Waals surface area (Å²) in [6.07, 6.45) is 4.20. The van der Waals surface area contributed by atoms with Crippen molar-refractivity contribution in [2.75, 3.05) is 7.05 Å². The van der Waals surface area contributed by atoms with Gasteiger partial charge in [0.25, 0.3) is 5.91 Å². The van der Waals surface area contributed by atoms with E-state index in [9.17, 15) is 4.79 Å². The van der Waals surface area contributed by atoms with Crippen molar-refractivity contribution in [3.05, 3.63) is 11.6 Å². The first kappa shape index (κ1) is 10.1. The van der Waals surface area contributed by atoms with Gasteiger partial charge >= 0.3 is 0 Å². The summed E-state index contributed by atoms with van der Waals surface area (Å²) in [6.45, 7) is 1.98. The van der Waals surface area contributed by atoms with Crippen molar-refractivity contribution in [1.82, 2.24) is 20.1 Å². The molecule has 1 aromatic rings. The molecule has 2 rings (SSSR count). The van der Waals surface area contributed by atoms with E-state index in [1.165, 1.54) is 6.42 Å². The van der Waals surface area contributed by atoms with Crippen LogP contribution in [0.25, 0.3) is 0 Å². The number of aromatic nitrogens is 3. The number of aryl methyl sites for hydroxylation is 1. The van der Waals surface area contributed by atoms with E-state index < -0.39 is 0 Å². The molecule has 0 saturated heterocycles. The highest BCUT2D eigenvalue weighted by atomic mass is 16.2. The third-order valence-electron chi connectivity index (χ3n) is 3.00. The van der Waals surface area contributed by atoms with Crippen LogP contribution in [0.1, 0.15) is 42.6 Å². The quantitative estimate of drug-likeness (QED) is 0.805. The second kappa shape index (κ2) is 4.00. The third kappa shape index (κ3) is 1.86. The van der Waals surface area contributed by atoms with Crippen LogP contribution in [0.15, 0.2) is 0 Å².